The SMILES string of the molecule is CCCCCCCCS(CCCCCC)=P(O)(S)S. The molecule has 0 saturated heterocycles. The first-order valence-corrected chi connectivity index (χ1v) is 14.0. The van der Waals surface area contributed by atoms with E-state index < -0.39 is 4.67 Å². The van der Waals surface area contributed by atoms with Gasteiger partial charge in [0, 0.05) is 0 Å². The van der Waals surface area contributed by atoms with Crippen molar-refractivity contribution >= 4 is 39.2 Å². The molecule has 0 amide bonds. The predicted octanol–water partition coefficient (Wildman–Crippen LogP) is 6.08. The van der Waals surface area contributed by atoms with Crippen LogP contribution in [-0.4, -0.2) is 16.4 Å². The highest BCUT2D eigenvalue weighted by Gasteiger charge is 2.09. The maximum Gasteiger partial charge on any atom is 0.127 e. The molecule has 0 aliphatic carbocycles. The minimum atomic E-state index is -2.22. The number of unbranched alkanes of at least 4 members (excludes halogenated alkanes) is 8. The molecular formula is C14H33OPS3. The molecule has 0 rings (SSSR count). The van der Waals surface area contributed by atoms with Crippen LogP contribution in [0.3, 0.4) is 0 Å². The Labute approximate surface area is 133 Å². The highest BCUT2D eigenvalue weighted by molar-refractivity contribution is 8.94. The molecule has 5 heteroatoms. The van der Waals surface area contributed by atoms with E-state index in [1.807, 2.05) is 0 Å². The lowest BCUT2D eigenvalue weighted by molar-refractivity contribution is 0.626. The minimum Gasteiger partial charge on any atom is -0.354 e. The Bertz CT molecular complexity index is 255. The van der Waals surface area contributed by atoms with Crippen molar-refractivity contribution in [2.24, 2.45) is 0 Å². The molecule has 1 atom stereocenters. The lowest BCUT2D eigenvalue weighted by Crippen LogP contribution is -2.03. The van der Waals surface area contributed by atoms with Gasteiger partial charge in [0.1, 0.15) is 4.67 Å². The van der Waals surface area contributed by atoms with E-state index in [1.165, 1.54) is 64.2 Å². The van der Waals surface area contributed by atoms with Gasteiger partial charge < -0.3 is 4.89 Å². The average molecular weight is 345 g/mol. The molecule has 1 N–H and O–H groups in total. The lowest BCUT2D eigenvalue weighted by Gasteiger charge is -2.17. The van der Waals surface area contributed by atoms with E-state index in [-0.39, 0.29) is 10.1 Å². The molecule has 118 valence electrons. The molecule has 0 bridgehead atoms. The van der Waals surface area contributed by atoms with Gasteiger partial charge in [-0.15, -0.1) is 34.6 Å². The second kappa shape index (κ2) is 13.1. The van der Waals surface area contributed by atoms with Crippen LogP contribution in [0, 0.1) is 0 Å². The summed E-state index contributed by atoms with van der Waals surface area (Å²) in [5, 5.41) is 0. The Balaban J connectivity index is 3.90. The zero-order valence-corrected chi connectivity index (χ0v) is 16.2. The molecule has 0 radical (unpaired) electrons. The highest BCUT2D eigenvalue weighted by Crippen LogP contribution is 2.56. The second-order valence-electron chi connectivity index (χ2n) is 5.21. The summed E-state index contributed by atoms with van der Waals surface area (Å²) in [5.74, 6) is 2.27. The van der Waals surface area contributed by atoms with Crippen molar-refractivity contribution in [3.8, 4) is 0 Å². The van der Waals surface area contributed by atoms with Crippen LogP contribution < -0.4 is 0 Å². The average Bonchev–Trinajstić information content (AvgIpc) is 2.34. The van der Waals surface area contributed by atoms with E-state index in [4.69, 9.17) is 0 Å². The molecule has 0 spiro atoms. The fourth-order valence-electron chi connectivity index (χ4n) is 2.09. The standard InChI is InChI=1S/C14H33OPS3/c1-3-5-7-9-10-12-14-19(16(15,17)18)13-11-8-6-4-2/h15,17-18H,3-14H2,1-2H3. The first-order valence-electron chi connectivity index (χ1n) is 7.77. The van der Waals surface area contributed by atoms with E-state index in [2.05, 4.69) is 38.3 Å². The normalized spacial score (nSPS) is 13.7. The smallest absolute Gasteiger partial charge is 0.127 e. The van der Waals surface area contributed by atoms with Crippen molar-refractivity contribution in [3.05, 3.63) is 0 Å². The van der Waals surface area contributed by atoms with Crippen molar-refractivity contribution in [1.29, 1.82) is 0 Å². The summed E-state index contributed by atoms with van der Waals surface area (Å²) in [6.45, 7) is 4.48. The highest BCUT2D eigenvalue weighted by atomic mass is 33.2. The molecule has 1 nitrogen and oxygen atoms in total. The van der Waals surface area contributed by atoms with Crippen LogP contribution in [0.2, 0.25) is 0 Å². The molecule has 1 unspecified atom stereocenters. The van der Waals surface area contributed by atoms with Crippen LogP contribution in [0.15, 0.2) is 0 Å². The zero-order chi connectivity index (χ0) is 14.6. The van der Waals surface area contributed by atoms with Gasteiger partial charge in [0.2, 0.25) is 0 Å². The number of rotatable bonds is 12. The third kappa shape index (κ3) is 12.9. The quantitative estimate of drug-likeness (QED) is 0.223. The summed E-state index contributed by atoms with van der Waals surface area (Å²) in [7, 11) is 0.0426. The molecule has 0 aliphatic heterocycles. The molecule has 19 heavy (non-hydrogen) atoms. The first kappa shape index (κ1) is 20.4. The Morgan fingerprint density at radius 3 is 1.53 bits per heavy atom. The minimum absolute atomic E-state index is 0.0426. The number of hydrogen-bond acceptors (Lipinski definition) is 0. The maximum atomic E-state index is 10.1. The summed E-state index contributed by atoms with van der Waals surface area (Å²) < 4.78 is -2.22. The van der Waals surface area contributed by atoms with Crippen LogP contribution in [-0.2, 0) is 10.1 Å². The second-order valence-corrected chi connectivity index (χ2v) is 17.2. The zero-order valence-electron chi connectivity index (χ0n) is 12.7. The van der Waals surface area contributed by atoms with Gasteiger partial charge in [-0.1, -0.05) is 65.2 Å². The van der Waals surface area contributed by atoms with E-state index >= 15 is 0 Å². The maximum absolute atomic E-state index is 10.1. The monoisotopic (exact) mass is 344 g/mol. The topological polar surface area (TPSA) is 20.2 Å². The van der Waals surface area contributed by atoms with Crippen LogP contribution in [0.5, 0.6) is 0 Å². The number of thiol groups is 2. The Kier molecular flexibility index (Phi) is 14.1. The Morgan fingerprint density at radius 2 is 1.11 bits per heavy atom. The summed E-state index contributed by atoms with van der Waals surface area (Å²) in [4.78, 5) is 10.1. The largest absolute Gasteiger partial charge is 0.354 e. The Hall–Kier alpha value is 1.44. The van der Waals surface area contributed by atoms with Crippen molar-refractivity contribution in [2.75, 3.05) is 11.5 Å². The van der Waals surface area contributed by atoms with Crippen LogP contribution in [0.25, 0.3) is 0 Å². The van der Waals surface area contributed by atoms with Crippen molar-refractivity contribution in [3.63, 3.8) is 0 Å². The van der Waals surface area contributed by atoms with Gasteiger partial charge in [0.05, 0.1) is 0 Å². The molecule has 0 heterocycles. The van der Waals surface area contributed by atoms with Gasteiger partial charge in [-0.25, -0.2) is 0 Å². The van der Waals surface area contributed by atoms with Crippen LogP contribution in [0.4, 0.5) is 0 Å². The van der Waals surface area contributed by atoms with E-state index in [9.17, 15) is 4.89 Å². The van der Waals surface area contributed by atoms with Gasteiger partial charge in [-0.05, 0) is 24.3 Å². The van der Waals surface area contributed by atoms with E-state index in [1.54, 1.807) is 0 Å². The van der Waals surface area contributed by atoms with Gasteiger partial charge in [-0.3, -0.25) is 0 Å². The molecule has 0 fully saturated rings. The van der Waals surface area contributed by atoms with Crippen LogP contribution >= 0.6 is 29.2 Å². The fourth-order valence-corrected chi connectivity index (χ4v) is 9.04. The van der Waals surface area contributed by atoms with Crippen molar-refractivity contribution < 1.29 is 4.89 Å². The van der Waals surface area contributed by atoms with Gasteiger partial charge in [0.25, 0.3) is 0 Å². The lowest BCUT2D eigenvalue weighted by atomic mass is 10.1. The third-order valence-electron chi connectivity index (χ3n) is 3.31. The first-order chi connectivity index (χ1) is 9.02. The van der Waals surface area contributed by atoms with Crippen molar-refractivity contribution in [2.45, 2.75) is 78.1 Å². The van der Waals surface area contributed by atoms with Gasteiger partial charge in [0.15, 0.2) is 0 Å². The van der Waals surface area contributed by atoms with Crippen LogP contribution in [0.1, 0.15) is 78.1 Å². The molecule has 0 aliphatic rings. The van der Waals surface area contributed by atoms with E-state index in [0.29, 0.717) is 0 Å². The number of hydrogen-bond donors (Lipinski definition) is 3. The summed E-state index contributed by atoms with van der Waals surface area (Å²) in [6, 6.07) is 0. The molecule has 0 aromatic heterocycles. The predicted molar refractivity (Wildman–Crippen MR) is 102 cm³/mol. The molecule has 0 aromatic carbocycles. The summed E-state index contributed by atoms with van der Waals surface area (Å²) in [6.07, 6.45) is 13.0. The van der Waals surface area contributed by atoms with E-state index in [0.717, 1.165) is 11.5 Å². The molecule has 0 aromatic rings. The fraction of sp³-hybridized carbons (Fsp3) is 1.00. The Morgan fingerprint density at radius 1 is 0.737 bits per heavy atom. The van der Waals surface area contributed by atoms with Crippen molar-refractivity contribution in [1.82, 2.24) is 0 Å². The van der Waals surface area contributed by atoms with Gasteiger partial charge >= 0.3 is 0 Å². The van der Waals surface area contributed by atoms with Gasteiger partial charge in [-0.2, -0.15) is 0 Å². The third-order valence-corrected chi connectivity index (χ3v) is 12.9. The summed E-state index contributed by atoms with van der Waals surface area (Å²) in [5.41, 5.74) is 0. The molecule has 0 saturated carbocycles. The summed E-state index contributed by atoms with van der Waals surface area (Å²) >= 11 is 8.75. The molecular weight excluding hydrogens is 311 g/mol.